The van der Waals surface area contributed by atoms with E-state index in [0.29, 0.717) is 31.1 Å². The molecular formula is C23H31N3O3S. The Morgan fingerprint density at radius 1 is 0.933 bits per heavy atom. The topological polar surface area (TPSA) is 69.7 Å². The molecule has 7 heteroatoms. The maximum absolute atomic E-state index is 12.8. The Morgan fingerprint density at radius 2 is 1.47 bits per heavy atom. The van der Waals surface area contributed by atoms with Gasteiger partial charge < -0.3 is 5.32 Å². The molecular weight excluding hydrogens is 398 g/mol. The van der Waals surface area contributed by atoms with E-state index in [0.717, 1.165) is 17.5 Å². The predicted octanol–water partition coefficient (Wildman–Crippen LogP) is 2.88. The van der Waals surface area contributed by atoms with E-state index in [-0.39, 0.29) is 18.5 Å². The summed E-state index contributed by atoms with van der Waals surface area (Å²) in [5.74, 6) is -0.0303. The van der Waals surface area contributed by atoms with Crippen LogP contribution in [-0.2, 0) is 14.8 Å². The molecule has 1 aliphatic rings. The van der Waals surface area contributed by atoms with E-state index in [2.05, 4.69) is 36.5 Å². The van der Waals surface area contributed by atoms with Crippen molar-refractivity contribution in [3.8, 4) is 0 Å². The van der Waals surface area contributed by atoms with Crippen molar-refractivity contribution in [2.45, 2.75) is 38.1 Å². The van der Waals surface area contributed by atoms with Gasteiger partial charge >= 0.3 is 0 Å². The molecule has 0 aliphatic carbocycles. The number of aryl methyl sites for hydroxylation is 2. The maximum Gasteiger partial charge on any atom is 0.243 e. The van der Waals surface area contributed by atoms with Crippen LogP contribution in [-0.4, -0.2) is 56.3 Å². The van der Waals surface area contributed by atoms with Crippen LogP contribution in [0.3, 0.4) is 0 Å². The summed E-state index contributed by atoms with van der Waals surface area (Å²) in [5.41, 5.74) is 3.32. The van der Waals surface area contributed by atoms with Gasteiger partial charge in [-0.1, -0.05) is 54.4 Å². The molecule has 6 nitrogen and oxygen atoms in total. The van der Waals surface area contributed by atoms with Crippen molar-refractivity contribution in [2.24, 2.45) is 0 Å². The summed E-state index contributed by atoms with van der Waals surface area (Å²) < 4.78 is 27.1. The van der Waals surface area contributed by atoms with Crippen LogP contribution in [0.5, 0.6) is 0 Å². The highest BCUT2D eigenvalue weighted by atomic mass is 32.2. The number of hydrogen-bond donors (Lipinski definition) is 1. The van der Waals surface area contributed by atoms with E-state index in [1.165, 1.54) is 9.87 Å². The number of sulfonamides is 1. The summed E-state index contributed by atoms with van der Waals surface area (Å²) in [6.07, 6.45) is 0.817. The molecule has 3 rings (SSSR count). The molecule has 1 aliphatic heterocycles. The Bertz CT molecular complexity index is 948. The van der Waals surface area contributed by atoms with E-state index in [4.69, 9.17) is 0 Å². The van der Waals surface area contributed by atoms with Crippen molar-refractivity contribution < 1.29 is 13.2 Å². The van der Waals surface area contributed by atoms with Gasteiger partial charge in [-0.2, -0.15) is 4.31 Å². The maximum atomic E-state index is 12.8. The SMILES string of the molecule is CC[C@H](NC(=O)CN1CCN(S(=O)(=O)c2ccc(C)cc2)CC1)c1ccc(C)cc1. The summed E-state index contributed by atoms with van der Waals surface area (Å²) in [7, 11) is -3.49. The third kappa shape index (κ3) is 5.47. The Labute approximate surface area is 179 Å². The molecule has 1 atom stereocenters. The smallest absolute Gasteiger partial charge is 0.243 e. The summed E-state index contributed by atoms with van der Waals surface area (Å²) in [5, 5.41) is 3.11. The number of amides is 1. The van der Waals surface area contributed by atoms with Crippen LogP contribution in [0.15, 0.2) is 53.4 Å². The summed E-state index contributed by atoms with van der Waals surface area (Å²) >= 11 is 0. The van der Waals surface area contributed by atoms with Crippen LogP contribution in [0.1, 0.15) is 36.1 Å². The van der Waals surface area contributed by atoms with E-state index < -0.39 is 10.0 Å². The highest BCUT2D eigenvalue weighted by Crippen LogP contribution is 2.19. The molecule has 1 heterocycles. The van der Waals surface area contributed by atoms with Crippen LogP contribution >= 0.6 is 0 Å². The second kappa shape index (κ2) is 9.73. The van der Waals surface area contributed by atoms with E-state index in [1.807, 2.05) is 30.9 Å². The average Bonchev–Trinajstić information content (AvgIpc) is 2.73. The van der Waals surface area contributed by atoms with E-state index in [1.54, 1.807) is 12.1 Å². The minimum Gasteiger partial charge on any atom is -0.348 e. The van der Waals surface area contributed by atoms with Crippen molar-refractivity contribution in [3.05, 3.63) is 65.2 Å². The minimum atomic E-state index is -3.49. The van der Waals surface area contributed by atoms with Crippen LogP contribution in [0.25, 0.3) is 0 Å². The monoisotopic (exact) mass is 429 g/mol. The molecule has 2 aromatic rings. The molecule has 0 aromatic heterocycles. The molecule has 0 bridgehead atoms. The highest BCUT2D eigenvalue weighted by molar-refractivity contribution is 7.89. The first-order valence-electron chi connectivity index (χ1n) is 10.4. The van der Waals surface area contributed by atoms with E-state index in [9.17, 15) is 13.2 Å². The molecule has 0 saturated carbocycles. The fourth-order valence-corrected chi connectivity index (χ4v) is 5.07. The first-order chi connectivity index (χ1) is 14.3. The molecule has 30 heavy (non-hydrogen) atoms. The summed E-state index contributed by atoms with van der Waals surface area (Å²) in [4.78, 5) is 14.9. The zero-order chi connectivity index (χ0) is 21.7. The van der Waals surface area contributed by atoms with Gasteiger partial charge in [-0.25, -0.2) is 8.42 Å². The Balaban J connectivity index is 1.53. The second-order valence-electron chi connectivity index (χ2n) is 7.93. The number of nitrogens with one attached hydrogen (secondary N) is 1. The molecule has 1 N–H and O–H groups in total. The quantitative estimate of drug-likeness (QED) is 0.735. The number of benzene rings is 2. The van der Waals surface area contributed by atoms with Gasteiger partial charge in [0.25, 0.3) is 0 Å². The van der Waals surface area contributed by atoms with Gasteiger partial charge in [-0.3, -0.25) is 9.69 Å². The fraction of sp³-hybridized carbons (Fsp3) is 0.435. The number of carbonyl (C=O) groups is 1. The lowest BCUT2D eigenvalue weighted by molar-refractivity contribution is -0.123. The normalized spacial score (nSPS) is 16.9. The molecule has 1 fully saturated rings. The number of rotatable bonds is 7. The number of carbonyl (C=O) groups excluding carboxylic acids is 1. The average molecular weight is 430 g/mol. The van der Waals surface area contributed by atoms with Gasteiger partial charge in [0.05, 0.1) is 17.5 Å². The van der Waals surface area contributed by atoms with Crippen LogP contribution in [0.2, 0.25) is 0 Å². The van der Waals surface area contributed by atoms with Crippen LogP contribution < -0.4 is 5.32 Å². The molecule has 0 unspecified atom stereocenters. The lowest BCUT2D eigenvalue weighted by Gasteiger charge is -2.33. The largest absolute Gasteiger partial charge is 0.348 e. The first kappa shape index (κ1) is 22.5. The zero-order valence-corrected chi connectivity index (χ0v) is 18.8. The van der Waals surface area contributed by atoms with Crippen LogP contribution in [0.4, 0.5) is 0 Å². The first-order valence-corrected chi connectivity index (χ1v) is 11.9. The third-order valence-corrected chi connectivity index (χ3v) is 7.49. The zero-order valence-electron chi connectivity index (χ0n) is 18.0. The van der Waals surface area contributed by atoms with Crippen LogP contribution in [0, 0.1) is 13.8 Å². The van der Waals surface area contributed by atoms with Crippen molar-refractivity contribution in [2.75, 3.05) is 32.7 Å². The molecule has 1 saturated heterocycles. The van der Waals surface area contributed by atoms with Gasteiger partial charge in [0.1, 0.15) is 0 Å². The molecule has 162 valence electrons. The Morgan fingerprint density at radius 3 is 2.00 bits per heavy atom. The van der Waals surface area contributed by atoms with Crippen molar-refractivity contribution >= 4 is 15.9 Å². The van der Waals surface area contributed by atoms with Gasteiger partial charge in [-0.05, 0) is 38.0 Å². The molecule has 0 radical (unpaired) electrons. The summed E-state index contributed by atoms with van der Waals surface area (Å²) in [6.45, 7) is 8.17. The van der Waals surface area contributed by atoms with Crippen molar-refractivity contribution in [3.63, 3.8) is 0 Å². The lowest BCUT2D eigenvalue weighted by Crippen LogP contribution is -2.51. The highest BCUT2D eigenvalue weighted by Gasteiger charge is 2.29. The summed E-state index contributed by atoms with van der Waals surface area (Å²) in [6, 6.07) is 15.1. The van der Waals surface area contributed by atoms with Gasteiger partial charge in [0.15, 0.2) is 0 Å². The lowest BCUT2D eigenvalue weighted by atomic mass is 10.0. The van der Waals surface area contributed by atoms with E-state index >= 15 is 0 Å². The third-order valence-electron chi connectivity index (χ3n) is 5.58. The second-order valence-corrected chi connectivity index (χ2v) is 9.87. The predicted molar refractivity (Wildman–Crippen MR) is 119 cm³/mol. The van der Waals surface area contributed by atoms with Gasteiger partial charge in [0, 0.05) is 26.2 Å². The van der Waals surface area contributed by atoms with Gasteiger partial charge in [0.2, 0.25) is 15.9 Å². The number of piperazine rings is 1. The Hall–Kier alpha value is -2.22. The molecule has 0 spiro atoms. The van der Waals surface area contributed by atoms with Crippen molar-refractivity contribution in [1.82, 2.24) is 14.5 Å². The Kier molecular flexibility index (Phi) is 7.28. The van der Waals surface area contributed by atoms with Gasteiger partial charge in [-0.15, -0.1) is 0 Å². The molecule has 2 aromatic carbocycles. The number of nitrogens with zero attached hydrogens (tertiary/aromatic N) is 2. The number of hydrogen-bond acceptors (Lipinski definition) is 4. The molecule has 1 amide bonds. The van der Waals surface area contributed by atoms with Crippen molar-refractivity contribution in [1.29, 1.82) is 0 Å². The standard InChI is InChI=1S/C23H31N3O3S/c1-4-22(20-9-5-18(2)6-10-20)24-23(27)17-25-13-15-26(16-14-25)30(28,29)21-11-7-19(3)8-12-21/h5-12,22H,4,13-17H2,1-3H3,(H,24,27)/t22-/m0/s1. The fourth-order valence-electron chi connectivity index (χ4n) is 3.65. The minimum absolute atomic E-state index is 0.0127.